The highest BCUT2D eigenvalue weighted by Gasteiger charge is 2.28. The summed E-state index contributed by atoms with van der Waals surface area (Å²) < 4.78 is 0. The summed E-state index contributed by atoms with van der Waals surface area (Å²) in [5.41, 5.74) is 0.147. The van der Waals surface area contributed by atoms with Gasteiger partial charge in [0.2, 0.25) is 0 Å². The molecule has 0 saturated heterocycles. The molecule has 0 aliphatic rings. The number of aromatic nitrogens is 1. The van der Waals surface area contributed by atoms with Crippen LogP contribution in [0.1, 0.15) is 51.4 Å². The van der Waals surface area contributed by atoms with E-state index in [2.05, 4.69) is 31.1 Å². The predicted octanol–water partition coefficient (Wildman–Crippen LogP) is 4.33. The molecule has 0 unspecified atom stereocenters. The topological polar surface area (TPSA) is 42.0 Å². The highest BCUT2D eigenvalue weighted by Crippen LogP contribution is 2.27. The molecule has 19 heavy (non-hydrogen) atoms. The van der Waals surface area contributed by atoms with Crippen LogP contribution in [-0.2, 0) is 0 Å². The zero-order valence-corrected chi connectivity index (χ0v) is 13.5. The lowest BCUT2D eigenvalue weighted by Crippen LogP contribution is -2.45. The van der Waals surface area contributed by atoms with Gasteiger partial charge >= 0.3 is 0 Å². The average Bonchev–Trinajstić information content (AvgIpc) is 2.16. The summed E-state index contributed by atoms with van der Waals surface area (Å²) in [6, 6.07) is 1.48. The second-order valence-electron chi connectivity index (χ2n) is 6.56. The molecule has 1 amide bonds. The predicted molar refractivity (Wildman–Crippen MR) is 79.9 cm³/mol. The molecule has 1 N–H and O–H groups in total. The molecule has 1 heterocycles. The Labute approximate surface area is 124 Å². The summed E-state index contributed by atoms with van der Waals surface area (Å²) >= 11 is 11.8. The van der Waals surface area contributed by atoms with Crippen LogP contribution in [0.4, 0.5) is 0 Å². The molecule has 1 rings (SSSR count). The first-order valence-corrected chi connectivity index (χ1v) is 6.89. The van der Waals surface area contributed by atoms with Crippen LogP contribution in [0.3, 0.4) is 0 Å². The van der Waals surface area contributed by atoms with Crippen LogP contribution < -0.4 is 5.32 Å². The third-order valence-electron chi connectivity index (χ3n) is 2.49. The Morgan fingerprint density at radius 1 is 1.26 bits per heavy atom. The number of carbonyl (C=O) groups is 1. The van der Waals surface area contributed by atoms with Gasteiger partial charge in [-0.1, -0.05) is 44.0 Å². The molecule has 0 fully saturated rings. The minimum absolute atomic E-state index is 0.121. The Hall–Kier alpha value is -0.800. The van der Waals surface area contributed by atoms with Crippen molar-refractivity contribution in [2.45, 2.75) is 46.6 Å². The van der Waals surface area contributed by atoms with Crippen molar-refractivity contribution in [1.82, 2.24) is 10.3 Å². The van der Waals surface area contributed by atoms with Gasteiger partial charge in [0.15, 0.2) is 0 Å². The first kappa shape index (κ1) is 16.3. The van der Waals surface area contributed by atoms with E-state index in [9.17, 15) is 4.79 Å². The standard InChI is InChI=1S/C14H20Cl2N2O/c1-13(2,3)8-14(4,5)18-12(19)9-6-11(16)17-7-10(9)15/h6-7H,8H2,1-5H3,(H,18,19). The third-order valence-corrected chi connectivity index (χ3v) is 3.00. The molecule has 5 heteroatoms. The van der Waals surface area contributed by atoms with Crippen LogP contribution in [0.15, 0.2) is 12.3 Å². The second-order valence-corrected chi connectivity index (χ2v) is 7.36. The van der Waals surface area contributed by atoms with Gasteiger partial charge in [0.25, 0.3) is 5.91 Å². The zero-order chi connectivity index (χ0) is 14.8. The van der Waals surface area contributed by atoms with Gasteiger partial charge in [0.1, 0.15) is 5.15 Å². The molecule has 0 aliphatic heterocycles. The van der Waals surface area contributed by atoms with Gasteiger partial charge in [-0.3, -0.25) is 4.79 Å². The molecule has 0 bridgehead atoms. The molecular formula is C14H20Cl2N2O. The van der Waals surface area contributed by atoms with Crippen molar-refractivity contribution in [3.05, 3.63) is 28.0 Å². The van der Waals surface area contributed by atoms with E-state index in [4.69, 9.17) is 23.2 Å². The van der Waals surface area contributed by atoms with E-state index in [1.165, 1.54) is 12.3 Å². The van der Waals surface area contributed by atoms with Crippen molar-refractivity contribution < 1.29 is 4.79 Å². The van der Waals surface area contributed by atoms with E-state index in [0.717, 1.165) is 6.42 Å². The van der Waals surface area contributed by atoms with Gasteiger partial charge in [-0.25, -0.2) is 4.98 Å². The normalized spacial score (nSPS) is 12.4. The first-order chi connectivity index (χ1) is 8.50. The van der Waals surface area contributed by atoms with Crippen molar-refractivity contribution in [2.24, 2.45) is 5.41 Å². The summed E-state index contributed by atoms with van der Waals surface area (Å²) in [5.74, 6) is -0.233. The number of amides is 1. The lowest BCUT2D eigenvalue weighted by atomic mass is 9.81. The van der Waals surface area contributed by atoms with Gasteiger partial charge < -0.3 is 5.32 Å². The van der Waals surface area contributed by atoms with Crippen molar-refractivity contribution in [2.75, 3.05) is 0 Å². The van der Waals surface area contributed by atoms with E-state index in [0.29, 0.717) is 10.6 Å². The van der Waals surface area contributed by atoms with Crippen LogP contribution in [0, 0.1) is 5.41 Å². The zero-order valence-electron chi connectivity index (χ0n) is 12.0. The quantitative estimate of drug-likeness (QED) is 0.844. The van der Waals surface area contributed by atoms with E-state index in [1.54, 1.807) is 0 Å². The summed E-state index contributed by atoms with van der Waals surface area (Å²) in [4.78, 5) is 16.1. The Morgan fingerprint density at radius 2 is 1.84 bits per heavy atom. The largest absolute Gasteiger partial charge is 0.347 e. The molecule has 0 radical (unpaired) electrons. The van der Waals surface area contributed by atoms with Crippen LogP contribution >= 0.6 is 23.2 Å². The van der Waals surface area contributed by atoms with E-state index in [1.807, 2.05) is 13.8 Å². The number of halogens is 2. The first-order valence-electron chi connectivity index (χ1n) is 6.14. The lowest BCUT2D eigenvalue weighted by molar-refractivity contribution is 0.0891. The molecule has 1 aromatic heterocycles. The monoisotopic (exact) mass is 302 g/mol. The minimum Gasteiger partial charge on any atom is -0.347 e. The van der Waals surface area contributed by atoms with Crippen LogP contribution in [0.25, 0.3) is 0 Å². The van der Waals surface area contributed by atoms with E-state index >= 15 is 0 Å². The average molecular weight is 303 g/mol. The number of nitrogens with zero attached hydrogens (tertiary/aromatic N) is 1. The molecule has 0 saturated carbocycles. The van der Waals surface area contributed by atoms with Gasteiger partial charge in [0.05, 0.1) is 10.6 Å². The van der Waals surface area contributed by atoms with Crippen LogP contribution in [-0.4, -0.2) is 16.4 Å². The molecule has 0 atom stereocenters. The Kier molecular flexibility index (Phi) is 4.86. The molecule has 1 aromatic rings. The minimum atomic E-state index is -0.325. The summed E-state index contributed by atoms with van der Waals surface area (Å²) in [6.07, 6.45) is 2.23. The summed E-state index contributed by atoms with van der Waals surface area (Å²) in [5, 5.41) is 3.54. The number of rotatable bonds is 3. The highest BCUT2D eigenvalue weighted by atomic mass is 35.5. The number of hydrogen-bond acceptors (Lipinski definition) is 2. The fourth-order valence-electron chi connectivity index (χ4n) is 2.33. The smallest absolute Gasteiger partial charge is 0.253 e. The fourth-order valence-corrected chi connectivity index (χ4v) is 2.68. The van der Waals surface area contributed by atoms with Gasteiger partial charge in [-0.15, -0.1) is 0 Å². The fraction of sp³-hybridized carbons (Fsp3) is 0.571. The van der Waals surface area contributed by atoms with Crippen molar-refractivity contribution in [3.63, 3.8) is 0 Å². The molecule has 0 aromatic carbocycles. The summed E-state index contributed by atoms with van der Waals surface area (Å²) in [6.45, 7) is 10.4. The van der Waals surface area contributed by atoms with Gasteiger partial charge in [0, 0.05) is 11.7 Å². The number of pyridine rings is 1. The third kappa shape index (κ3) is 5.37. The van der Waals surface area contributed by atoms with E-state index in [-0.39, 0.29) is 22.0 Å². The van der Waals surface area contributed by atoms with Crippen molar-refractivity contribution in [3.8, 4) is 0 Å². The maximum atomic E-state index is 12.2. The lowest BCUT2D eigenvalue weighted by Gasteiger charge is -2.33. The maximum Gasteiger partial charge on any atom is 0.253 e. The highest BCUT2D eigenvalue weighted by molar-refractivity contribution is 6.35. The number of carbonyl (C=O) groups excluding carboxylic acids is 1. The second kappa shape index (κ2) is 5.68. The van der Waals surface area contributed by atoms with Crippen molar-refractivity contribution >= 4 is 29.1 Å². The maximum absolute atomic E-state index is 12.2. The van der Waals surface area contributed by atoms with Crippen LogP contribution in [0.5, 0.6) is 0 Å². The van der Waals surface area contributed by atoms with Gasteiger partial charge in [-0.05, 0) is 31.7 Å². The summed E-state index contributed by atoms with van der Waals surface area (Å²) in [7, 11) is 0. The Morgan fingerprint density at radius 3 is 2.37 bits per heavy atom. The molecule has 0 aliphatic carbocycles. The number of nitrogens with one attached hydrogen (secondary N) is 1. The SMILES string of the molecule is CC(C)(C)CC(C)(C)NC(=O)c1cc(Cl)ncc1Cl. The molecule has 0 spiro atoms. The molecule has 106 valence electrons. The number of hydrogen-bond donors (Lipinski definition) is 1. The Bertz CT molecular complexity index is 479. The van der Waals surface area contributed by atoms with Gasteiger partial charge in [-0.2, -0.15) is 0 Å². The van der Waals surface area contributed by atoms with Crippen LogP contribution in [0.2, 0.25) is 10.2 Å². The van der Waals surface area contributed by atoms with E-state index < -0.39 is 0 Å². The Balaban J connectivity index is 2.87. The molecule has 3 nitrogen and oxygen atoms in total. The molecular weight excluding hydrogens is 283 g/mol. The van der Waals surface area contributed by atoms with Crippen molar-refractivity contribution in [1.29, 1.82) is 0 Å².